The van der Waals surface area contributed by atoms with E-state index in [1.54, 1.807) is 24.3 Å². The Labute approximate surface area is 163 Å². The molecule has 0 aliphatic carbocycles. The lowest BCUT2D eigenvalue weighted by molar-refractivity contribution is 0.102. The third-order valence-corrected chi connectivity index (χ3v) is 5.36. The second-order valence-corrected chi connectivity index (χ2v) is 7.79. The molecule has 1 amide bonds. The maximum absolute atomic E-state index is 12.7. The standard InChI is InChI=1S/C21H17N3O3S/c1-15-9-11-17(12-10-15)23-21(25)19-7-2-3-8-20(19)24-28(26,27)18-6-4-5-16(13-18)14-22/h2-13,24H,1H3,(H,23,25). The quantitative estimate of drug-likeness (QED) is 0.688. The van der Waals surface area contributed by atoms with Crippen LogP contribution in [-0.2, 0) is 10.0 Å². The number of nitrogens with one attached hydrogen (secondary N) is 2. The van der Waals surface area contributed by atoms with E-state index in [1.807, 2.05) is 25.1 Å². The van der Waals surface area contributed by atoms with Crippen LogP contribution in [0.15, 0.2) is 77.7 Å². The van der Waals surface area contributed by atoms with Crippen molar-refractivity contribution in [2.75, 3.05) is 10.0 Å². The average Bonchev–Trinajstić information content (AvgIpc) is 2.70. The number of carbonyl (C=O) groups excluding carboxylic acids is 1. The number of para-hydroxylation sites is 1. The van der Waals surface area contributed by atoms with Gasteiger partial charge in [-0.3, -0.25) is 9.52 Å². The van der Waals surface area contributed by atoms with E-state index in [4.69, 9.17) is 5.26 Å². The van der Waals surface area contributed by atoms with Crippen LogP contribution in [0.4, 0.5) is 11.4 Å². The zero-order valence-corrected chi connectivity index (χ0v) is 15.8. The predicted molar refractivity (Wildman–Crippen MR) is 108 cm³/mol. The molecule has 0 heterocycles. The fourth-order valence-electron chi connectivity index (χ4n) is 2.54. The van der Waals surface area contributed by atoms with Crippen molar-refractivity contribution in [2.45, 2.75) is 11.8 Å². The number of benzene rings is 3. The van der Waals surface area contributed by atoms with Gasteiger partial charge in [0.1, 0.15) is 0 Å². The van der Waals surface area contributed by atoms with Crippen LogP contribution in [-0.4, -0.2) is 14.3 Å². The summed E-state index contributed by atoms with van der Waals surface area (Å²) in [6.07, 6.45) is 0. The minimum atomic E-state index is -3.96. The van der Waals surface area contributed by atoms with Crippen LogP contribution >= 0.6 is 0 Å². The average molecular weight is 391 g/mol. The van der Waals surface area contributed by atoms with Crippen LogP contribution in [0.5, 0.6) is 0 Å². The molecule has 0 unspecified atom stereocenters. The van der Waals surface area contributed by atoms with Gasteiger partial charge in [-0.2, -0.15) is 5.26 Å². The van der Waals surface area contributed by atoms with Gasteiger partial charge in [0, 0.05) is 5.69 Å². The number of nitrogens with zero attached hydrogens (tertiary/aromatic N) is 1. The highest BCUT2D eigenvalue weighted by Crippen LogP contribution is 2.22. The summed E-state index contributed by atoms with van der Waals surface area (Å²) in [4.78, 5) is 12.6. The Morgan fingerprint density at radius 1 is 0.964 bits per heavy atom. The molecule has 7 heteroatoms. The molecule has 0 saturated carbocycles. The van der Waals surface area contributed by atoms with Crippen LogP contribution in [0.1, 0.15) is 21.5 Å². The van der Waals surface area contributed by atoms with Gasteiger partial charge in [-0.1, -0.05) is 35.9 Å². The van der Waals surface area contributed by atoms with Crippen molar-refractivity contribution < 1.29 is 13.2 Å². The van der Waals surface area contributed by atoms with Crippen LogP contribution in [0, 0.1) is 18.3 Å². The highest BCUT2D eigenvalue weighted by atomic mass is 32.2. The van der Waals surface area contributed by atoms with Gasteiger partial charge in [-0.25, -0.2) is 8.42 Å². The summed E-state index contributed by atoms with van der Waals surface area (Å²) in [5, 5.41) is 11.7. The molecule has 0 saturated heterocycles. The lowest BCUT2D eigenvalue weighted by Gasteiger charge is -2.13. The van der Waals surface area contributed by atoms with E-state index in [9.17, 15) is 13.2 Å². The molecule has 6 nitrogen and oxygen atoms in total. The number of amides is 1. The van der Waals surface area contributed by atoms with E-state index in [0.717, 1.165) is 5.56 Å². The zero-order valence-electron chi connectivity index (χ0n) is 15.0. The van der Waals surface area contributed by atoms with Crippen molar-refractivity contribution in [2.24, 2.45) is 0 Å². The molecule has 0 aromatic heterocycles. The molecule has 3 aromatic carbocycles. The van der Waals surface area contributed by atoms with Crippen LogP contribution in [0.3, 0.4) is 0 Å². The number of carbonyl (C=O) groups is 1. The van der Waals surface area contributed by atoms with E-state index in [1.165, 1.54) is 36.4 Å². The van der Waals surface area contributed by atoms with Gasteiger partial charge in [0.25, 0.3) is 15.9 Å². The lowest BCUT2D eigenvalue weighted by Crippen LogP contribution is -2.18. The van der Waals surface area contributed by atoms with E-state index in [-0.39, 0.29) is 21.7 Å². The molecule has 0 aliphatic heterocycles. The Kier molecular flexibility index (Phi) is 5.43. The summed E-state index contributed by atoms with van der Waals surface area (Å²) in [5.41, 5.74) is 2.23. The second kappa shape index (κ2) is 7.94. The molecule has 0 spiro atoms. The first-order valence-electron chi connectivity index (χ1n) is 8.39. The summed E-state index contributed by atoms with van der Waals surface area (Å²) in [7, 11) is -3.96. The fraction of sp³-hybridized carbons (Fsp3) is 0.0476. The SMILES string of the molecule is Cc1ccc(NC(=O)c2ccccc2NS(=O)(=O)c2cccc(C#N)c2)cc1. The molecule has 0 atom stereocenters. The number of anilines is 2. The number of hydrogen-bond acceptors (Lipinski definition) is 4. The maximum Gasteiger partial charge on any atom is 0.261 e. The minimum Gasteiger partial charge on any atom is -0.322 e. The first kappa shape index (κ1) is 19.1. The van der Waals surface area contributed by atoms with Crippen molar-refractivity contribution in [1.29, 1.82) is 5.26 Å². The van der Waals surface area contributed by atoms with Crippen molar-refractivity contribution in [3.8, 4) is 6.07 Å². The highest BCUT2D eigenvalue weighted by Gasteiger charge is 2.19. The zero-order chi connectivity index (χ0) is 20.1. The van der Waals surface area contributed by atoms with Crippen molar-refractivity contribution in [1.82, 2.24) is 0 Å². The molecule has 3 aromatic rings. The molecule has 3 rings (SSSR count). The Bertz CT molecular complexity index is 1160. The molecule has 2 N–H and O–H groups in total. The molecular weight excluding hydrogens is 374 g/mol. The normalized spacial score (nSPS) is 10.7. The van der Waals surface area contributed by atoms with Gasteiger partial charge >= 0.3 is 0 Å². The smallest absolute Gasteiger partial charge is 0.261 e. The summed E-state index contributed by atoms with van der Waals surface area (Å²) >= 11 is 0. The largest absolute Gasteiger partial charge is 0.322 e. The van der Waals surface area contributed by atoms with E-state index >= 15 is 0 Å². The number of sulfonamides is 1. The third kappa shape index (κ3) is 4.37. The first-order valence-corrected chi connectivity index (χ1v) is 9.87. The Hall–Kier alpha value is -3.63. The van der Waals surface area contributed by atoms with Gasteiger partial charge in [-0.15, -0.1) is 0 Å². The molecule has 0 fully saturated rings. The second-order valence-electron chi connectivity index (χ2n) is 6.11. The Balaban J connectivity index is 1.88. The van der Waals surface area contributed by atoms with Gasteiger partial charge < -0.3 is 5.32 Å². The van der Waals surface area contributed by atoms with Gasteiger partial charge in [0.05, 0.1) is 27.8 Å². The number of hydrogen-bond donors (Lipinski definition) is 2. The van der Waals surface area contributed by atoms with Crippen molar-refractivity contribution in [3.05, 3.63) is 89.5 Å². The molecular formula is C21H17N3O3S. The topological polar surface area (TPSA) is 99.1 Å². The summed E-state index contributed by atoms with van der Waals surface area (Å²) in [6, 6.07) is 21.2. The number of aryl methyl sites for hydroxylation is 1. The molecule has 0 radical (unpaired) electrons. The minimum absolute atomic E-state index is 0.0553. The summed E-state index contributed by atoms with van der Waals surface area (Å²) < 4.78 is 27.8. The van der Waals surface area contributed by atoms with E-state index < -0.39 is 15.9 Å². The number of rotatable bonds is 5. The van der Waals surface area contributed by atoms with Crippen LogP contribution in [0.2, 0.25) is 0 Å². The van der Waals surface area contributed by atoms with Crippen LogP contribution < -0.4 is 10.0 Å². The maximum atomic E-state index is 12.7. The summed E-state index contributed by atoms with van der Waals surface area (Å²) in [5.74, 6) is -0.437. The first-order chi connectivity index (χ1) is 13.4. The predicted octanol–water partition coefficient (Wildman–Crippen LogP) is 3.92. The summed E-state index contributed by atoms with van der Waals surface area (Å²) in [6.45, 7) is 1.94. The fourth-order valence-corrected chi connectivity index (χ4v) is 3.67. The monoisotopic (exact) mass is 391 g/mol. The van der Waals surface area contributed by atoms with Gasteiger partial charge in [0.2, 0.25) is 0 Å². The van der Waals surface area contributed by atoms with Crippen molar-refractivity contribution >= 4 is 27.3 Å². The molecule has 28 heavy (non-hydrogen) atoms. The van der Waals surface area contributed by atoms with Gasteiger partial charge in [0.15, 0.2) is 0 Å². The molecule has 0 bridgehead atoms. The Morgan fingerprint density at radius 2 is 1.68 bits per heavy atom. The number of nitriles is 1. The lowest BCUT2D eigenvalue weighted by atomic mass is 10.1. The van der Waals surface area contributed by atoms with Gasteiger partial charge in [-0.05, 0) is 49.4 Å². The van der Waals surface area contributed by atoms with Crippen molar-refractivity contribution in [3.63, 3.8) is 0 Å². The third-order valence-electron chi connectivity index (χ3n) is 4.00. The molecule has 0 aliphatic rings. The van der Waals surface area contributed by atoms with E-state index in [2.05, 4.69) is 10.0 Å². The van der Waals surface area contributed by atoms with E-state index in [0.29, 0.717) is 5.69 Å². The Morgan fingerprint density at radius 3 is 2.39 bits per heavy atom. The highest BCUT2D eigenvalue weighted by molar-refractivity contribution is 7.92. The molecule has 140 valence electrons. The van der Waals surface area contributed by atoms with Crippen LogP contribution in [0.25, 0.3) is 0 Å².